The van der Waals surface area contributed by atoms with Crippen molar-refractivity contribution in [2.24, 2.45) is 0 Å². The molecule has 3 heteroatoms. The Morgan fingerprint density at radius 1 is 0.778 bits per heavy atom. The predicted octanol–water partition coefficient (Wildman–Crippen LogP) is 5.73. The average molecular weight is 357 g/mol. The summed E-state index contributed by atoms with van der Waals surface area (Å²) in [5.41, 5.74) is 2.41. The highest BCUT2D eigenvalue weighted by Crippen LogP contribution is 2.35. The Morgan fingerprint density at radius 2 is 1.26 bits per heavy atom. The first-order chi connectivity index (χ1) is 13.0. The number of ether oxygens (including phenoxy) is 1. The van der Waals surface area contributed by atoms with Crippen molar-refractivity contribution in [1.82, 2.24) is 4.57 Å². The second-order valence-corrected chi connectivity index (χ2v) is 7.75. The van der Waals surface area contributed by atoms with Gasteiger partial charge in [-0.2, -0.15) is 0 Å². The minimum Gasteiger partial charge on any atom is -0.458 e. The number of hydrogen-bond acceptors (Lipinski definition) is 2. The highest BCUT2D eigenvalue weighted by Gasteiger charge is 2.30. The van der Waals surface area contributed by atoms with E-state index in [1.165, 1.54) is 0 Å². The van der Waals surface area contributed by atoms with Gasteiger partial charge in [-0.25, -0.2) is 4.79 Å². The van der Waals surface area contributed by atoms with Gasteiger partial charge < -0.3 is 9.30 Å². The van der Waals surface area contributed by atoms with Crippen LogP contribution in [0.2, 0.25) is 0 Å². The molecule has 0 fully saturated rings. The van der Waals surface area contributed by atoms with E-state index in [4.69, 9.17) is 4.74 Å². The number of esters is 1. The van der Waals surface area contributed by atoms with E-state index in [1.807, 2.05) is 75.4 Å². The third-order valence-corrected chi connectivity index (χ3v) is 4.62. The quantitative estimate of drug-likeness (QED) is 0.439. The molecule has 136 valence electrons. The summed E-state index contributed by atoms with van der Waals surface area (Å²) in [5.74, 6) is -0.250. The molecule has 4 aromatic rings. The summed E-state index contributed by atoms with van der Waals surface area (Å²) in [6.07, 6.45) is 0. The van der Waals surface area contributed by atoms with E-state index in [1.54, 1.807) is 0 Å². The third-order valence-electron chi connectivity index (χ3n) is 4.62. The predicted molar refractivity (Wildman–Crippen MR) is 110 cm³/mol. The lowest BCUT2D eigenvalue weighted by Gasteiger charge is -2.26. The Labute approximate surface area is 159 Å². The van der Waals surface area contributed by atoms with Gasteiger partial charge in [0.15, 0.2) is 6.04 Å². The van der Waals surface area contributed by atoms with E-state index in [0.717, 1.165) is 27.4 Å². The summed E-state index contributed by atoms with van der Waals surface area (Å²) in [7, 11) is 0. The van der Waals surface area contributed by atoms with Crippen LogP contribution in [-0.4, -0.2) is 16.1 Å². The van der Waals surface area contributed by atoms with E-state index in [-0.39, 0.29) is 5.97 Å². The van der Waals surface area contributed by atoms with Crippen molar-refractivity contribution in [3.05, 3.63) is 84.4 Å². The van der Waals surface area contributed by atoms with Gasteiger partial charge in [0.1, 0.15) is 5.60 Å². The summed E-state index contributed by atoms with van der Waals surface area (Å²) in [4.78, 5) is 13.3. The zero-order valence-electron chi connectivity index (χ0n) is 15.8. The van der Waals surface area contributed by atoms with Crippen LogP contribution in [0.1, 0.15) is 32.4 Å². The molecule has 1 heterocycles. The van der Waals surface area contributed by atoms with Gasteiger partial charge in [-0.05, 0) is 38.5 Å². The molecule has 4 rings (SSSR count). The van der Waals surface area contributed by atoms with Gasteiger partial charge in [-0.1, -0.05) is 66.7 Å². The van der Waals surface area contributed by atoms with Crippen molar-refractivity contribution in [2.75, 3.05) is 0 Å². The average Bonchev–Trinajstić information content (AvgIpc) is 2.97. The van der Waals surface area contributed by atoms with Crippen LogP contribution in [0.3, 0.4) is 0 Å². The molecule has 3 aromatic carbocycles. The summed E-state index contributed by atoms with van der Waals surface area (Å²) in [6.45, 7) is 5.70. The van der Waals surface area contributed by atoms with E-state index in [0.29, 0.717) is 0 Å². The number of carbonyl (C=O) groups excluding carboxylic acids is 1. The molecule has 0 bridgehead atoms. The summed E-state index contributed by atoms with van der Waals surface area (Å²) >= 11 is 0. The SMILES string of the molecule is CC(C)(C)OC(=O)C(c1ccccc1)n1c2ccccc2c2ccccc21. The maximum absolute atomic E-state index is 13.3. The lowest BCUT2D eigenvalue weighted by Crippen LogP contribution is -2.31. The second-order valence-electron chi connectivity index (χ2n) is 7.75. The summed E-state index contributed by atoms with van der Waals surface area (Å²) in [6, 6.07) is 25.7. The van der Waals surface area contributed by atoms with Crippen LogP contribution in [0.15, 0.2) is 78.9 Å². The standard InChI is InChI=1S/C24H23NO2/c1-24(2,3)27-23(26)22(17-11-5-4-6-12-17)25-20-15-9-7-13-18(20)19-14-8-10-16-21(19)25/h4-16,22H,1-3H3. The maximum Gasteiger partial charge on any atom is 0.334 e. The van der Waals surface area contributed by atoms with Gasteiger partial charge in [0, 0.05) is 10.8 Å². The largest absolute Gasteiger partial charge is 0.458 e. The van der Waals surface area contributed by atoms with Crippen molar-refractivity contribution in [3.63, 3.8) is 0 Å². The van der Waals surface area contributed by atoms with Crippen molar-refractivity contribution in [1.29, 1.82) is 0 Å². The van der Waals surface area contributed by atoms with Crippen LogP contribution in [0, 0.1) is 0 Å². The van der Waals surface area contributed by atoms with Crippen LogP contribution in [0.25, 0.3) is 21.8 Å². The second kappa shape index (κ2) is 6.58. The third kappa shape index (κ3) is 3.21. The molecule has 0 saturated heterocycles. The minimum atomic E-state index is -0.553. The normalized spacial score (nSPS) is 13.0. The topological polar surface area (TPSA) is 31.2 Å². The highest BCUT2D eigenvalue weighted by molar-refractivity contribution is 6.09. The van der Waals surface area contributed by atoms with E-state index >= 15 is 0 Å². The lowest BCUT2D eigenvalue weighted by molar-refractivity contribution is -0.157. The Balaban J connectivity index is 2.01. The number of para-hydroxylation sites is 2. The molecule has 0 saturated carbocycles. The fourth-order valence-corrected chi connectivity index (χ4v) is 3.61. The molecule has 0 amide bonds. The van der Waals surface area contributed by atoms with E-state index in [9.17, 15) is 4.79 Å². The molecule has 1 atom stereocenters. The lowest BCUT2D eigenvalue weighted by atomic mass is 10.1. The maximum atomic E-state index is 13.3. The van der Waals surface area contributed by atoms with Gasteiger partial charge in [0.05, 0.1) is 11.0 Å². The number of carbonyl (C=O) groups is 1. The zero-order valence-corrected chi connectivity index (χ0v) is 15.8. The molecular formula is C24H23NO2. The molecule has 0 radical (unpaired) electrons. The van der Waals surface area contributed by atoms with Gasteiger partial charge in [0.2, 0.25) is 0 Å². The van der Waals surface area contributed by atoms with E-state index in [2.05, 4.69) is 28.8 Å². The summed E-state index contributed by atoms with van der Waals surface area (Å²) < 4.78 is 7.92. The Kier molecular flexibility index (Phi) is 4.23. The molecule has 0 aliphatic rings. The van der Waals surface area contributed by atoms with Crippen LogP contribution >= 0.6 is 0 Å². The van der Waals surface area contributed by atoms with Crippen molar-refractivity contribution in [3.8, 4) is 0 Å². The van der Waals surface area contributed by atoms with Crippen LogP contribution in [0.5, 0.6) is 0 Å². The highest BCUT2D eigenvalue weighted by atomic mass is 16.6. The Morgan fingerprint density at radius 3 is 1.78 bits per heavy atom. The van der Waals surface area contributed by atoms with Crippen LogP contribution < -0.4 is 0 Å². The van der Waals surface area contributed by atoms with Crippen LogP contribution in [0.4, 0.5) is 0 Å². The minimum absolute atomic E-state index is 0.250. The molecular weight excluding hydrogens is 334 g/mol. The fourth-order valence-electron chi connectivity index (χ4n) is 3.61. The molecule has 27 heavy (non-hydrogen) atoms. The monoisotopic (exact) mass is 357 g/mol. The molecule has 0 N–H and O–H groups in total. The Bertz CT molecular complexity index is 1050. The molecule has 3 nitrogen and oxygen atoms in total. The van der Waals surface area contributed by atoms with E-state index < -0.39 is 11.6 Å². The van der Waals surface area contributed by atoms with Gasteiger partial charge in [0.25, 0.3) is 0 Å². The first-order valence-electron chi connectivity index (χ1n) is 9.21. The first kappa shape index (κ1) is 17.3. The molecule has 0 aliphatic carbocycles. The Hall–Kier alpha value is -3.07. The van der Waals surface area contributed by atoms with Gasteiger partial charge in [-0.15, -0.1) is 0 Å². The van der Waals surface area contributed by atoms with Crippen LogP contribution in [-0.2, 0) is 9.53 Å². The van der Waals surface area contributed by atoms with Crippen molar-refractivity contribution < 1.29 is 9.53 Å². The number of fused-ring (bicyclic) bond motifs is 3. The number of rotatable bonds is 3. The van der Waals surface area contributed by atoms with Crippen molar-refractivity contribution in [2.45, 2.75) is 32.4 Å². The van der Waals surface area contributed by atoms with Gasteiger partial charge in [-0.3, -0.25) is 0 Å². The molecule has 1 unspecified atom stereocenters. The zero-order chi connectivity index (χ0) is 19.0. The van der Waals surface area contributed by atoms with Gasteiger partial charge >= 0.3 is 5.97 Å². The molecule has 0 aliphatic heterocycles. The molecule has 1 aromatic heterocycles. The first-order valence-corrected chi connectivity index (χ1v) is 9.21. The summed E-state index contributed by atoms with van der Waals surface area (Å²) in [5, 5.41) is 2.27. The molecule has 0 spiro atoms. The number of hydrogen-bond donors (Lipinski definition) is 0. The fraction of sp³-hybridized carbons (Fsp3) is 0.208. The number of aromatic nitrogens is 1. The smallest absolute Gasteiger partial charge is 0.334 e. The van der Waals surface area contributed by atoms with Crippen molar-refractivity contribution >= 4 is 27.8 Å². The number of nitrogens with zero attached hydrogens (tertiary/aromatic N) is 1. The number of benzene rings is 3.